The average Bonchev–Trinajstić information content (AvgIpc) is 3.36. The van der Waals surface area contributed by atoms with E-state index in [-0.39, 0.29) is 17.9 Å². The van der Waals surface area contributed by atoms with Crippen molar-refractivity contribution in [2.45, 2.75) is 38.1 Å². The summed E-state index contributed by atoms with van der Waals surface area (Å²) < 4.78 is 5.32. The standard InChI is InChI=1S/C23H26N2O3/c1-28-21-10-2-6-17(15-21)14-19-9-4-13-25(19)23(27)18-7-3-8-20(16-18)24-12-5-11-22(24)26/h2-3,6-8,10,15-16,19H,4-5,9,11-14H2,1H3. The molecular formula is C23H26N2O3. The summed E-state index contributed by atoms with van der Waals surface area (Å²) in [6.07, 6.45) is 4.32. The smallest absolute Gasteiger partial charge is 0.254 e. The topological polar surface area (TPSA) is 49.9 Å². The zero-order chi connectivity index (χ0) is 19.5. The Morgan fingerprint density at radius 1 is 1.11 bits per heavy atom. The van der Waals surface area contributed by atoms with Gasteiger partial charge in [-0.2, -0.15) is 0 Å². The lowest BCUT2D eigenvalue weighted by molar-refractivity contribution is -0.117. The van der Waals surface area contributed by atoms with Crippen molar-refractivity contribution in [3.8, 4) is 5.75 Å². The average molecular weight is 378 g/mol. The van der Waals surface area contributed by atoms with E-state index in [1.54, 1.807) is 12.0 Å². The number of anilines is 1. The van der Waals surface area contributed by atoms with Crippen LogP contribution in [0, 0.1) is 0 Å². The van der Waals surface area contributed by atoms with Crippen LogP contribution in [0.15, 0.2) is 48.5 Å². The molecule has 2 fully saturated rings. The van der Waals surface area contributed by atoms with Crippen molar-refractivity contribution in [1.82, 2.24) is 4.90 Å². The van der Waals surface area contributed by atoms with Gasteiger partial charge in [-0.3, -0.25) is 9.59 Å². The number of hydrogen-bond donors (Lipinski definition) is 0. The number of nitrogens with zero attached hydrogens (tertiary/aromatic N) is 2. The highest BCUT2D eigenvalue weighted by Crippen LogP contribution is 2.27. The van der Waals surface area contributed by atoms with E-state index in [9.17, 15) is 9.59 Å². The van der Waals surface area contributed by atoms with Crippen LogP contribution in [0.25, 0.3) is 0 Å². The van der Waals surface area contributed by atoms with Crippen LogP contribution < -0.4 is 9.64 Å². The van der Waals surface area contributed by atoms with Gasteiger partial charge in [-0.05, 0) is 61.6 Å². The van der Waals surface area contributed by atoms with Gasteiger partial charge >= 0.3 is 0 Å². The minimum atomic E-state index is 0.0545. The highest BCUT2D eigenvalue weighted by Gasteiger charge is 2.30. The van der Waals surface area contributed by atoms with Gasteiger partial charge in [0.15, 0.2) is 0 Å². The first kappa shape index (κ1) is 18.5. The lowest BCUT2D eigenvalue weighted by Crippen LogP contribution is -2.37. The molecule has 4 rings (SSSR count). The van der Waals surface area contributed by atoms with Gasteiger partial charge in [-0.15, -0.1) is 0 Å². The Labute approximate surface area is 165 Å². The molecule has 2 heterocycles. The van der Waals surface area contributed by atoms with E-state index in [2.05, 4.69) is 6.07 Å². The number of carbonyl (C=O) groups is 2. The monoisotopic (exact) mass is 378 g/mol. The van der Waals surface area contributed by atoms with Crippen LogP contribution in [-0.2, 0) is 11.2 Å². The fourth-order valence-corrected chi connectivity index (χ4v) is 4.28. The Morgan fingerprint density at radius 2 is 1.96 bits per heavy atom. The molecule has 2 aliphatic heterocycles. The van der Waals surface area contributed by atoms with Gasteiger partial charge in [-0.25, -0.2) is 0 Å². The molecule has 2 aromatic carbocycles. The van der Waals surface area contributed by atoms with Crippen LogP contribution in [0.1, 0.15) is 41.6 Å². The maximum atomic E-state index is 13.2. The first-order chi connectivity index (χ1) is 13.7. The van der Waals surface area contributed by atoms with E-state index < -0.39 is 0 Å². The summed E-state index contributed by atoms with van der Waals surface area (Å²) in [5.74, 6) is 1.04. The second kappa shape index (κ2) is 8.05. The maximum Gasteiger partial charge on any atom is 0.254 e. The molecule has 2 saturated heterocycles. The normalized spacial score (nSPS) is 19.3. The maximum absolute atomic E-state index is 13.2. The van der Waals surface area contributed by atoms with Gasteiger partial charge in [0.2, 0.25) is 5.91 Å². The van der Waals surface area contributed by atoms with Crippen molar-refractivity contribution in [2.24, 2.45) is 0 Å². The molecular weight excluding hydrogens is 352 g/mol. The van der Waals surface area contributed by atoms with Crippen molar-refractivity contribution in [3.63, 3.8) is 0 Å². The zero-order valence-corrected chi connectivity index (χ0v) is 16.3. The summed E-state index contributed by atoms with van der Waals surface area (Å²) in [6.45, 7) is 1.51. The molecule has 0 N–H and O–H groups in total. The zero-order valence-electron chi connectivity index (χ0n) is 16.3. The summed E-state index contributed by atoms with van der Waals surface area (Å²) in [6, 6.07) is 15.8. The fraction of sp³-hybridized carbons (Fsp3) is 0.391. The lowest BCUT2D eigenvalue weighted by atomic mass is 10.0. The van der Waals surface area contributed by atoms with E-state index >= 15 is 0 Å². The Morgan fingerprint density at radius 3 is 2.75 bits per heavy atom. The molecule has 0 saturated carbocycles. The number of rotatable bonds is 5. The van der Waals surface area contributed by atoms with Crippen LogP contribution >= 0.6 is 0 Å². The van der Waals surface area contributed by atoms with E-state index in [0.29, 0.717) is 12.0 Å². The van der Waals surface area contributed by atoms with Crippen molar-refractivity contribution in [2.75, 3.05) is 25.1 Å². The largest absolute Gasteiger partial charge is 0.497 e. The molecule has 28 heavy (non-hydrogen) atoms. The molecule has 0 aliphatic carbocycles. The van der Waals surface area contributed by atoms with E-state index in [1.165, 1.54) is 5.56 Å². The van der Waals surface area contributed by atoms with E-state index in [0.717, 1.165) is 50.2 Å². The van der Waals surface area contributed by atoms with Gasteiger partial charge in [-0.1, -0.05) is 18.2 Å². The van der Waals surface area contributed by atoms with Gasteiger partial charge in [0.05, 0.1) is 7.11 Å². The number of ether oxygens (including phenoxy) is 1. The van der Waals surface area contributed by atoms with Crippen LogP contribution in [-0.4, -0.2) is 43.0 Å². The Hall–Kier alpha value is -2.82. The molecule has 146 valence electrons. The number of amides is 2. The van der Waals surface area contributed by atoms with Crippen LogP contribution in [0.5, 0.6) is 5.75 Å². The first-order valence-corrected chi connectivity index (χ1v) is 10.00. The summed E-state index contributed by atoms with van der Waals surface area (Å²) in [7, 11) is 1.67. The minimum Gasteiger partial charge on any atom is -0.497 e. The molecule has 1 unspecified atom stereocenters. The third-order valence-corrected chi connectivity index (χ3v) is 5.72. The molecule has 0 aromatic heterocycles. The highest BCUT2D eigenvalue weighted by atomic mass is 16.5. The summed E-state index contributed by atoms with van der Waals surface area (Å²) >= 11 is 0. The predicted molar refractivity (Wildman–Crippen MR) is 109 cm³/mol. The van der Waals surface area contributed by atoms with Crippen LogP contribution in [0.3, 0.4) is 0 Å². The van der Waals surface area contributed by atoms with Crippen molar-refractivity contribution in [3.05, 3.63) is 59.7 Å². The molecule has 0 bridgehead atoms. The number of likely N-dealkylation sites (tertiary alicyclic amines) is 1. The van der Waals surface area contributed by atoms with Crippen molar-refractivity contribution in [1.29, 1.82) is 0 Å². The molecule has 5 heteroatoms. The molecule has 2 amide bonds. The summed E-state index contributed by atoms with van der Waals surface area (Å²) in [4.78, 5) is 29.0. The second-order valence-electron chi connectivity index (χ2n) is 7.55. The molecule has 0 radical (unpaired) electrons. The quantitative estimate of drug-likeness (QED) is 0.798. The van der Waals surface area contributed by atoms with Gasteiger partial charge < -0.3 is 14.5 Å². The predicted octanol–water partition coefficient (Wildman–Crippen LogP) is 3.67. The molecule has 5 nitrogen and oxygen atoms in total. The third-order valence-electron chi connectivity index (χ3n) is 5.72. The van der Waals surface area contributed by atoms with Gasteiger partial charge in [0, 0.05) is 36.8 Å². The molecule has 0 spiro atoms. The van der Waals surface area contributed by atoms with Gasteiger partial charge in [0.25, 0.3) is 5.91 Å². The number of hydrogen-bond acceptors (Lipinski definition) is 3. The fourth-order valence-electron chi connectivity index (χ4n) is 4.28. The molecule has 2 aromatic rings. The molecule has 2 aliphatic rings. The summed E-state index contributed by atoms with van der Waals surface area (Å²) in [5.41, 5.74) is 2.67. The van der Waals surface area contributed by atoms with E-state index in [1.807, 2.05) is 47.4 Å². The van der Waals surface area contributed by atoms with Crippen molar-refractivity contribution >= 4 is 17.5 Å². The Bertz CT molecular complexity index is 880. The number of methoxy groups -OCH3 is 1. The lowest BCUT2D eigenvalue weighted by Gasteiger charge is -2.26. The van der Waals surface area contributed by atoms with Gasteiger partial charge in [0.1, 0.15) is 5.75 Å². The van der Waals surface area contributed by atoms with Crippen molar-refractivity contribution < 1.29 is 14.3 Å². The minimum absolute atomic E-state index is 0.0545. The number of carbonyl (C=O) groups excluding carboxylic acids is 2. The molecule has 1 atom stereocenters. The number of benzene rings is 2. The SMILES string of the molecule is COc1cccc(CC2CCCN2C(=O)c2cccc(N3CCCC3=O)c2)c1. The Balaban J connectivity index is 1.51. The van der Waals surface area contributed by atoms with Crippen LogP contribution in [0.2, 0.25) is 0 Å². The van der Waals surface area contributed by atoms with E-state index in [4.69, 9.17) is 4.74 Å². The third kappa shape index (κ3) is 3.75. The second-order valence-corrected chi connectivity index (χ2v) is 7.55. The first-order valence-electron chi connectivity index (χ1n) is 10.00. The summed E-state index contributed by atoms with van der Waals surface area (Å²) in [5, 5.41) is 0. The highest BCUT2D eigenvalue weighted by molar-refractivity contribution is 5.99. The van der Waals surface area contributed by atoms with Crippen LogP contribution in [0.4, 0.5) is 5.69 Å². The Kier molecular flexibility index (Phi) is 5.33.